The molecule has 5 aliphatic heterocycles. The maximum Gasteiger partial charge on any atom is 0.329 e. The lowest BCUT2D eigenvalue weighted by molar-refractivity contribution is -0.290. The third-order valence-electron chi connectivity index (χ3n) is 13.8. The smallest absolute Gasteiger partial charge is 0.329 e. The number of phenolic OH excluding ortho intramolecular Hbond substituents is 1. The topological polar surface area (TPSA) is 239 Å². The number of fused-ring (bicyclic) bond motifs is 8. The molecule has 5 N–H and O–H groups in total. The van der Waals surface area contributed by atoms with Gasteiger partial charge < -0.3 is 78.0 Å². The second-order valence-electron chi connectivity index (χ2n) is 19.7. The fourth-order valence-corrected chi connectivity index (χ4v) is 10.5. The van der Waals surface area contributed by atoms with Crippen molar-refractivity contribution in [3.05, 3.63) is 70.0 Å². The lowest BCUT2D eigenvalue weighted by Gasteiger charge is -2.43. The van der Waals surface area contributed by atoms with Gasteiger partial charge in [-0.3, -0.25) is 4.79 Å². The third-order valence-corrected chi connectivity index (χ3v) is 14.1. The Morgan fingerprint density at radius 2 is 1.78 bits per heavy atom. The molecule has 1 spiro atoms. The van der Waals surface area contributed by atoms with Crippen LogP contribution in [0.1, 0.15) is 63.5 Å². The number of nitrogens with zero attached hydrogens (tertiary/aromatic N) is 2. The summed E-state index contributed by atoms with van der Waals surface area (Å²) in [6, 6.07) is 5.81. The van der Waals surface area contributed by atoms with Crippen molar-refractivity contribution in [3.8, 4) is 52.4 Å². The number of methoxy groups -OCH3 is 2. The van der Waals surface area contributed by atoms with Crippen LogP contribution in [-0.2, 0) is 39.6 Å². The minimum atomic E-state index is -1.55. The van der Waals surface area contributed by atoms with Crippen molar-refractivity contribution in [1.82, 2.24) is 15.2 Å². The van der Waals surface area contributed by atoms with Gasteiger partial charge in [0.05, 0.1) is 55.8 Å². The van der Waals surface area contributed by atoms with E-state index in [0.29, 0.717) is 22.1 Å². The summed E-state index contributed by atoms with van der Waals surface area (Å²) in [6.45, 7) is 8.20. The molecule has 2 aliphatic carbocycles. The number of likely N-dealkylation sites (N-methyl/N-ethyl adjacent to an activating group) is 1. The maximum atomic E-state index is 14.5. The number of rotatable bonds is 11. The fraction of sp³-hybridized carbons (Fsp3) is 0.528. The van der Waals surface area contributed by atoms with E-state index in [9.17, 15) is 30.0 Å². The van der Waals surface area contributed by atoms with Gasteiger partial charge in [0.25, 0.3) is 5.91 Å². The molecule has 0 radical (unpaired) electrons. The number of ether oxygens (including phenoxy) is 10. The monoisotopic (exact) mass is 1030 g/mol. The summed E-state index contributed by atoms with van der Waals surface area (Å²) in [5.41, 5.74) is -2.05. The Kier molecular flexibility index (Phi) is 14.7. The molecule has 7 aliphatic rings. The number of carbonyl (C=O) groups is 2. The molecule has 3 fully saturated rings. The van der Waals surface area contributed by atoms with Gasteiger partial charge in [0, 0.05) is 47.6 Å². The van der Waals surface area contributed by atoms with Gasteiger partial charge >= 0.3 is 5.97 Å². The number of benzene rings is 2. The van der Waals surface area contributed by atoms with Gasteiger partial charge in [-0.15, -0.1) is 0 Å². The summed E-state index contributed by atoms with van der Waals surface area (Å²) in [5.74, 6) is 11.4. The molecular formula is C53H60ClN3O16. The molecule has 20 heteroatoms. The normalized spacial score (nSPS) is 34.3. The van der Waals surface area contributed by atoms with E-state index in [-0.39, 0.29) is 70.6 Å². The first kappa shape index (κ1) is 52.2. The average molecular weight is 1030 g/mol. The number of allylic oxidation sites excluding steroid dienone is 1. The van der Waals surface area contributed by atoms with Crippen molar-refractivity contribution < 1.29 is 77.4 Å². The number of carbonyl (C=O) groups excluding carboxylic acids is 2. The predicted octanol–water partition coefficient (Wildman–Crippen LogP) is 3.51. The van der Waals surface area contributed by atoms with E-state index in [0.717, 1.165) is 0 Å². The Bertz CT molecular complexity index is 2840. The van der Waals surface area contributed by atoms with Crippen LogP contribution in [-0.4, -0.2) is 168 Å². The van der Waals surface area contributed by atoms with Gasteiger partial charge in [0.1, 0.15) is 42.8 Å². The third kappa shape index (κ3) is 10.3. The van der Waals surface area contributed by atoms with Gasteiger partial charge in [0.15, 0.2) is 46.7 Å². The standard InChI is InChI=1S/C53H60ClN3O16/c1-25(2)67-38-18-29-17-35(58)33(21-32(29)45(64-8)46(38)65-9)50(61)56-34-20-31-15-16-37(49(54)55-31)70-39-19-30-14-13-28(40(24-66-51(34)62)71-42-22-36(59)44(57(6)7)26(3)68-42)11-10-12-41-53(30,73-41)48(39)72-43-23-52(5,63)47(60)27(4)69-43/h11,15-19,21,25-27,34,36,39-44,47-48,58-60,63H,20,22-24H2,1-9H3,(H,56,61)/b28-11+/t26-,27-,34?,36-,39+,40?,41+,42-,43-,44+,47-,48-,52+,53-/m0/s1. The summed E-state index contributed by atoms with van der Waals surface area (Å²) in [7, 11) is 6.58. The molecule has 3 aromatic rings. The van der Waals surface area contributed by atoms with E-state index in [1.165, 1.54) is 39.4 Å². The molecule has 1 amide bonds. The molecule has 73 heavy (non-hydrogen) atoms. The van der Waals surface area contributed by atoms with Gasteiger partial charge in [0.2, 0.25) is 5.75 Å². The molecule has 19 nitrogen and oxygen atoms in total. The van der Waals surface area contributed by atoms with E-state index < -0.39 is 103 Å². The largest absolute Gasteiger partial charge is 0.507 e. The van der Waals surface area contributed by atoms with Crippen LogP contribution in [0.5, 0.6) is 28.7 Å². The van der Waals surface area contributed by atoms with Crippen LogP contribution in [0, 0.1) is 23.7 Å². The molecule has 0 saturated carbocycles. The van der Waals surface area contributed by atoms with Crippen molar-refractivity contribution >= 4 is 34.2 Å². The number of esters is 1. The lowest BCUT2D eigenvalue weighted by atomic mass is 9.88. The highest BCUT2D eigenvalue weighted by Gasteiger charge is 2.70. The van der Waals surface area contributed by atoms with Gasteiger partial charge in [-0.25, -0.2) is 9.78 Å². The average Bonchev–Trinajstić information content (AvgIpc) is 3.95. The molecule has 2 unspecified atom stereocenters. The zero-order chi connectivity index (χ0) is 52.3. The number of hydrogen-bond acceptors (Lipinski definition) is 18. The molecule has 6 heterocycles. The molecule has 390 valence electrons. The van der Waals surface area contributed by atoms with Crippen LogP contribution >= 0.6 is 11.6 Å². The van der Waals surface area contributed by atoms with Crippen LogP contribution < -0.4 is 24.3 Å². The van der Waals surface area contributed by atoms with Crippen molar-refractivity contribution in [2.75, 3.05) is 34.9 Å². The van der Waals surface area contributed by atoms with E-state index in [1.807, 2.05) is 39.8 Å². The highest BCUT2D eigenvalue weighted by molar-refractivity contribution is 6.30. The van der Waals surface area contributed by atoms with Crippen LogP contribution in [0.15, 0.2) is 53.6 Å². The first-order valence-electron chi connectivity index (χ1n) is 24.1. The number of aliphatic hydroxyl groups is 3. The predicted molar refractivity (Wildman–Crippen MR) is 261 cm³/mol. The van der Waals surface area contributed by atoms with E-state index >= 15 is 0 Å². The Hall–Kier alpha value is -5.68. The fourth-order valence-electron chi connectivity index (χ4n) is 10.3. The van der Waals surface area contributed by atoms with Crippen molar-refractivity contribution in [2.45, 2.75) is 145 Å². The number of aliphatic hydroxyl groups excluding tert-OH is 2. The number of aromatic hydroxyl groups is 1. The molecule has 5 bridgehead atoms. The summed E-state index contributed by atoms with van der Waals surface area (Å²) in [6.07, 6.45) is -6.35. The minimum Gasteiger partial charge on any atom is -0.507 e. The lowest BCUT2D eigenvalue weighted by Crippen LogP contribution is -2.57. The SMILES string of the molecule is COc1c(OC(C)C)cc2cc(O)c(C(=O)NC3Cc4ccc(c(Cl)n4)O[C@@H]4C=C5C#C/C(=C\C#C[C@H]6O[C@@]56[C@H]4O[C@H]4C[C@@](C)(O)[C@@H](O)[C@H](C)O4)C(O[C@H]4C[C@H](O)[C@H](N(C)C)[C@H](C)O4)COC3=O)cc2c1OC. The van der Waals surface area contributed by atoms with Gasteiger partial charge in [-0.05, 0) is 90.5 Å². The van der Waals surface area contributed by atoms with Crippen LogP contribution in [0.3, 0.4) is 0 Å². The Labute approximate surface area is 427 Å². The van der Waals surface area contributed by atoms with Gasteiger partial charge in [-0.1, -0.05) is 35.3 Å². The van der Waals surface area contributed by atoms with Crippen LogP contribution in [0.4, 0.5) is 0 Å². The Balaban J connectivity index is 1.09. The number of nitrogens with one attached hydrogen (secondary N) is 1. The summed E-state index contributed by atoms with van der Waals surface area (Å²) in [4.78, 5) is 35.3. The Morgan fingerprint density at radius 3 is 2.47 bits per heavy atom. The number of aromatic nitrogens is 1. The second kappa shape index (κ2) is 20.6. The zero-order valence-electron chi connectivity index (χ0n) is 41.8. The second-order valence-corrected chi connectivity index (χ2v) is 20.1. The number of phenols is 1. The number of amides is 1. The molecule has 10 rings (SSSR count). The Morgan fingerprint density at radius 1 is 1.03 bits per heavy atom. The molecular weight excluding hydrogens is 970 g/mol. The first-order chi connectivity index (χ1) is 34.7. The van der Waals surface area contributed by atoms with E-state index in [2.05, 4.69) is 34.0 Å². The summed E-state index contributed by atoms with van der Waals surface area (Å²) >= 11 is 6.86. The quantitative estimate of drug-likeness (QED) is 0.0800. The van der Waals surface area contributed by atoms with Gasteiger partial charge in [-0.2, -0.15) is 0 Å². The van der Waals surface area contributed by atoms with Crippen LogP contribution in [0.25, 0.3) is 10.8 Å². The molecule has 14 atom stereocenters. The number of pyridine rings is 1. The van der Waals surface area contributed by atoms with E-state index in [4.69, 9.17) is 59.0 Å². The molecule has 3 saturated heterocycles. The number of halogens is 1. The summed E-state index contributed by atoms with van der Waals surface area (Å²) < 4.78 is 61.9. The van der Waals surface area contributed by atoms with Crippen LogP contribution in [0.2, 0.25) is 5.15 Å². The minimum absolute atomic E-state index is 0.0664. The number of hydrogen-bond donors (Lipinski definition) is 5. The maximum absolute atomic E-state index is 14.5. The van der Waals surface area contributed by atoms with Crippen molar-refractivity contribution in [2.24, 2.45) is 0 Å². The highest BCUT2D eigenvalue weighted by atomic mass is 35.5. The van der Waals surface area contributed by atoms with Crippen molar-refractivity contribution in [1.29, 1.82) is 0 Å². The van der Waals surface area contributed by atoms with E-state index in [1.54, 1.807) is 31.2 Å². The molecule has 1 aromatic heterocycles. The molecule has 2 aromatic carbocycles. The number of epoxide rings is 1. The zero-order valence-corrected chi connectivity index (χ0v) is 42.6. The summed E-state index contributed by atoms with van der Waals surface area (Å²) in [5, 5.41) is 48.0. The first-order valence-corrected chi connectivity index (χ1v) is 24.5. The van der Waals surface area contributed by atoms with Crippen molar-refractivity contribution in [3.63, 3.8) is 0 Å². The highest BCUT2D eigenvalue weighted by Crippen LogP contribution is 2.54.